The van der Waals surface area contributed by atoms with Gasteiger partial charge in [0.05, 0.1) is 49.8 Å². The summed E-state index contributed by atoms with van der Waals surface area (Å²) in [6.07, 6.45) is 2.90. The number of amides is 1. The van der Waals surface area contributed by atoms with Crippen molar-refractivity contribution in [3.8, 4) is 16.9 Å². The fourth-order valence-corrected chi connectivity index (χ4v) is 7.12. The number of aryl methyl sites for hydroxylation is 1. The molecule has 240 valence electrons. The molecular weight excluding hydrogens is 637 g/mol. The normalized spacial score (nSPS) is 17.8. The zero-order chi connectivity index (χ0) is 33.4. The van der Waals surface area contributed by atoms with Crippen molar-refractivity contribution in [2.24, 2.45) is 0 Å². The van der Waals surface area contributed by atoms with Crippen molar-refractivity contribution in [3.63, 3.8) is 0 Å². The molecule has 3 aromatic heterocycles. The molecule has 0 spiro atoms. The Morgan fingerprint density at radius 1 is 1.13 bits per heavy atom. The predicted molar refractivity (Wildman–Crippen MR) is 177 cm³/mol. The summed E-state index contributed by atoms with van der Waals surface area (Å²) in [6, 6.07) is 2.18. The SMILES string of the molecule is C=CC(=O)N1CC(C)N2c3nc(=O)n(-c4c(C)ccnc4C(C)C)c4nc(-c5c(N)c(Cl)cc(Cl)c5F)c(F)c(c34)N(C)CC2C1. The number of likely N-dealkylation sites (N-methyl/N-ethyl adjacent to an activating group) is 1. The van der Waals surface area contributed by atoms with Crippen molar-refractivity contribution in [1.29, 1.82) is 0 Å². The lowest BCUT2D eigenvalue weighted by atomic mass is 10.0. The van der Waals surface area contributed by atoms with E-state index >= 15 is 8.78 Å². The third kappa shape index (κ3) is 4.77. The number of carbonyl (C=O) groups excluding carboxylic acids is 1. The van der Waals surface area contributed by atoms with Crippen molar-refractivity contribution >= 4 is 57.3 Å². The van der Waals surface area contributed by atoms with E-state index in [-0.39, 0.29) is 69.2 Å². The van der Waals surface area contributed by atoms with Crippen LogP contribution in [0.3, 0.4) is 0 Å². The molecule has 2 aliphatic heterocycles. The fraction of sp³-hybridized carbons (Fsp3) is 0.344. The Morgan fingerprint density at radius 3 is 2.52 bits per heavy atom. The number of piperazine rings is 1. The number of nitrogen functional groups attached to an aromatic ring is 1. The first-order valence-electron chi connectivity index (χ1n) is 14.7. The molecule has 1 aromatic carbocycles. The minimum absolute atomic E-state index is 0.0265. The maximum atomic E-state index is 17.1. The molecule has 0 bridgehead atoms. The van der Waals surface area contributed by atoms with E-state index in [0.29, 0.717) is 23.5 Å². The number of hydrogen-bond acceptors (Lipinski definition) is 8. The van der Waals surface area contributed by atoms with Crippen LogP contribution in [0.1, 0.15) is 37.9 Å². The fourth-order valence-electron chi connectivity index (χ4n) is 6.66. The van der Waals surface area contributed by atoms with Crippen LogP contribution in [0.5, 0.6) is 0 Å². The third-order valence-corrected chi connectivity index (χ3v) is 9.26. The van der Waals surface area contributed by atoms with Gasteiger partial charge in [-0.05, 0) is 43.5 Å². The van der Waals surface area contributed by atoms with Crippen LogP contribution in [0.2, 0.25) is 10.0 Å². The summed E-state index contributed by atoms with van der Waals surface area (Å²) < 4.78 is 34.1. The monoisotopic (exact) mass is 668 g/mol. The first-order chi connectivity index (χ1) is 21.8. The first-order valence-corrected chi connectivity index (χ1v) is 15.5. The van der Waals surface area contributed by atoms with Crippen LogP contribution in [0.15, 0.2) is 35.8 Å². The molecule has 2 aliphatic rings. The molecule has 2 unspecified atom stereocenters. The van der Waals surface area contributed by atoms with E-state index in [9.17, 15) is 9.59 Å². The highest BCUT2D eigenvalue weighted by Crippen LogP contribution is 2.46. The molecule has 14 heteroatoms. The highest BCUT2D eigenvalue weighted by Gasteiger charge is 2.41. The molecule has 0 saturated carbocycles. The Bertz CT molecular complexity index is 1990. The largest absolute Gasteiger partial charge is 0.397 e. The third-order valence-electron chi connectivity index (χ3n) is 8.67. The van der Waals surface area contributed by atoms with E-state index in [1.54, 1.807) is 29.1 Å². The zero-order valence-electron chi connectivity index (χ0n) is 25.9. The van der Waals surface area contributed by atoms with Crippen LogP contribution in [0.4, 0.5) is 26.0 Å². The Labute approximate surface area is 274 Å². The molecule has 6 rings (SSSR count). The number of nitrogens with zero attached hydrogens (tertiary/aromatic N) is 7. The topological polar surface area (TPSA) is 113 Å². The van der Waals surface area contributed by atoms with E-state index in [1.165, 1.54) is 10.6 Å². The Hall–Kier alpha value is -4.29. The van der Waals surface area contributed by atoms with Crippen molar-refractivity contribution < 1.29 is 13.6 Å². The second-order valence-corrected chi connectivity index (χ2v) is 12.9. The van der Waals surface area contributed by atoms with E-state index in [1.807, 2.05) is 32.6 Å². The minimum atomic E-state index is -1.01. The standard InChI is InChI=1S/C32H32Cl2F2N8O2/c1-7-20(45)42-11-16(5)43-17(13-42)12-41(6)29-22-30(39-27(24(29)36)21-23(35)18(33)10-19(34)25(21)37)44(32(46)40-31(22)43)28-15(4)8-9-38-26(28)14(2)3/h7-10,14,16-17H,1,11-13,37H2,2-6H3. The number of halogens is 4. The number of anilines is 3. The number of rotatable bonds is 4. The van der Waals surface area contributed by atoms with E-state index < -0.39 is 34.6 Å². The molecule has 4 aromatic rings. The number of hydrogen-bond donors (Lipinski definition) is 1. The van der Waals surface area contributed by atoms with E-state index in [2.05, 4.69) is 21.5 Å². The van der Waals surface area contributed by atoms with Crippen LogP contribution >= 0.6 is 23.2 Å². The lowest BCUT2D eigenvalue weighted by Crippen LogP contribution is -2.61. The van der Waals surface area contributed by atoms with Gasteiger partial charge in [-0.1, -0.05) is 43.6 Å². The average molecular weight is 670 g/mol. The van der Waals surface area contributed by atoms with Gasteiger partial charge in [0.15, 0.2) is 17.3 Å². The van der Waals surface area contributed by atoms with Gasteiger partial charge in [-0.2, -0.15) is 4.98 Å². The lowest BCUT2D eigenvalue weighted by Gasteiger charge is -2.46. The van der Waals surface area contributed by atoms with Gasteiger partial charge in [0.2, 0.25) is 5.91 Å². The summed E-state index contributed by atoms with van der Waals surface area (Å²) in [5.74, 6) is -2.05. The number of carbonyl (C=O) groups is 1. The highest BCUT2D eigenvalue weighted by atomic mass is 35.5. The molecule has 1 amide bonds. The van der Waals surface area contributed by atoms with Gasteiger partial charge < -0.3 is 20.4 Å². The molecule has 1 fully saturated rings. The first kappa shape index (κ1) is 31.7. The number of nitrogens with two attached hydrogens (primary N) is 1. The van der Waals surface area contributed by atoms with Crippen LogP contribution in [0, 0.1) is 18.6 Å². The van der Waals surface area contributed by atoms with Crippen LogP contribution in [0.25, 0.3) is 28.0 Å². The summed E-state index contributed by atoms with van der Waals surface area (Å²) in [5.41, 5.74) is 6.19. The van der Waals surface area contributed by atoms with Gasteiger partial charge >= 0.3 is 5.69 Å². The van der Waals surface area contributed by atoms with Crippen molar-refractivity contribution in [2.75, 3.05) is 42.2 Å². The van der Waals surface area contributed by atoms with Crippen molar-refractivity contribution in [2.45, 2.75) is 45.7 Å². The molecule has 0 aliphatic carbocycles. The molecule has 46 heavy (non-hydrogen) atoms. The van der Waals surface area contributed by atoms with Crippen molar-refractivity contribution in [3.05, 3.63) is 74.4 Å². The maximum Gasteiger partial charge on any atom is 0.355 e. The van der Waals surface area contributed by atoms with Gasteiger partial charge in [0.25, 0.3) is 0 Å². The minimum Gasteiger partial charge on any atom is -0.397 e. The van der Waals surface area contributed by atoms with E-state index in [0.717, 1.165) is 6.07 Å². The van der Waals surface area contributed by atoms with Gasteiger partial charge in [-0.15, -0.1) is 0 Å². The Kier molecular flexibility index (Phi) is 7.92. The summed E-state index contributed by atoms with van der Waals surface area (Å²) in [7, 11) is 1.68. The number of fused-ring (bicyclic) bond motifs is 2. The van der Waals surface area contributed by atoms with Crippen LogP contribution < -0.4 is 21.2 Å². The molecule has 2 N–H and O–H groups in total. The van der Waals surface area contributed by atoms with Crippen molar-refractivity contribution in [1.82, 2.24) is 24.4 Å². The van der Waals surface area contributed by atoms with Gasteiger partial charge in [-0.3, -0.25) is 9.78 Å². The zero-order valence-corrected chi connectivity index (χ0v) is 27.4. The summed E-state index contributed by atoms with van der Waals surface area (Å²) in [4.78, 5) is 46.1. The lowest BCUT2D eigenvalue weighted by molar-refractivity contribution is -0.127. The summed E-state index contributed by atoms with van der Waals surface area (Å²) in [5, 5.41) is -0.213. The molecule has 0 radical (unpaired) electrons. The maximum absolute atomic E-state index is 17.1. The highest BCUT2D eigenvalue weighted by molar-refractivity contribution is 6.37. The quantitative estimate of drug-likeness (QED) is 0.173. The number of pyridine rings is 2. The molecule has 1 saturated heterocycles. The van der Waals surface area contributed by atoms with Gasteiger partial charge in [0, 0.05) is 38.9 Å². The Morgan fingerprint density at radius 2 is 1.85 bits per heavy atom. The van der Waals surface area contributed by atoms with Crippen LogP contribution in [-0.2, 0) is 4.79 Å². The average Bonchev–Trinajstić information content (AvgIpc) is 3.12. The molecule has 10 nitrogen and oxygen atoms in total. The second kappa shape index (κ2) is 11.5. The Balaban J connectivity index is 1.79. The van der Waals surface area contributed by atoms with Gasteiger partial charge in [-0.25, -0.2) is 23.1 Å². The second-order valence-electron chi connectivity index (χ2n) is 12.1. The molecular formula is C32H32Cl2F2N8O2. The number of benzene rings is 1. The number of aromatic nitrogens is 4. The smallest absolute Gasteiger partial charge is 0.355 e. The van der Waals surface area contributed by atoms with Crippen LogP contribution in [-0.4, -0.2) is 69.1 Å². The van der Waals surface area contributed by atoms with E-state index in [4.69, 9.17) is 28.9 Å². The predicted octanol–water partition coefficient (Wildman–Crippen LogP) is 5.48. The molecule has 5 heterocycles. The summed E-state index contributed by atoms with van der Waals surface area (Å²) in [6.45, 7) is 12.0. The summed E-state index contributed by atoms with van der Waals surface area (Å²) >= 11 is 12.5. The van der Waals surface area contributed by atoms with Gasteiger partial charge in [0.1, 0.15) is 11.5 Å². The molecule has 2 atom stereocenters.